The maximum absolute atomic E-state index is 9.55. The fraction of sp³-hybridized carbons (Fsp3) is 1.00. The molecular formula is C3H8NOS+. The highest BCUT2D eigenvalue weighted by atomic mass is 32.1. The highest BCUT2D eigenvalue weighted by molar-refractivity contribution is 7.65. The molecule has 0 heterocycles. The van der Waals surface area contributed by atoms with Gasteiger partial charge in [0.25, 0.3) is 0 Å². The first-order valence-corrected chi connectivity index (χ1v) is 2.77. The lowest BCUT2D eigenvalue weighted by Gasteiger charge is -1.71. The van der Waals surface area contributed by atoms with Crippen LogP contribution in [0.2, 0.25) is 0 Å². The molecule has 0 bridgehead atoms. The van der Waals surface area contributed by atoms with Crippen molar-refractivity contribution >= 4 is 11.7 Å². The molecule has 0 aliphatic heterocycles. The summed E-state index contributed by atoms with van der Waals surface area (Å²) in [6.07, 6.45) is 0.841. The quantitative estimate of drug-likeness (QED) is 0.398. The summed E-state index contributed by atoms with van der Waals surface area (Å²) in [7, 11) is 0. The monoisotopic (exact) mass is 106 g/mol. The lowest BCUT2D eigenvalue weighted by atomic mass is 10.5. The van der Waals surface area contributed by atoms with E-state index in [1.54, 1.807) is 0 Å². The second-order valence-corrected chi connectivity index (χ2v) is 1.61. The first kappa shape index (κ1) is 5.98. The van der Waals surface area contributed by atoms with Crippen molar-refractivity contribution in [2.75, 3.05) is 12.3 Å². The van der Waals surface area contributed by atoms with E-state index < -0.39 is 0 Å². The Bertz CT molecular complexity index is 39.8. The minimum atomic E-state index is 0.596. The van der Waals surface area contributed by atoms with Gasteiger partial charge in [-0.25, -0.2) is 0 Å². The fourth-order valence-electron chi connectivity index (χ4n) is 0.142. The van der Waals surface area contributed by atoms with Crippen LogP contribution in [0.1, 0.15) is 6.42 Å². The number of hydrogen-bond donors (Lipinski definition) is 1. The minimum absolute atomic E-state index is 0.596. The van der Waals surface area contributed by atoms with Gasteiger partial charge in [-0.3, -0.25) is 0 Å². The molecule has 0 aromatic rings. The van der Waals surface area contributed by atoms with Crippen molar-refractivity contribution in [1.29, 1.82) is 0 Å². The Labute approximate surface area is 41.2 Å². The Kier molecular flexibility index (Phi) is 4.96. The zero-order chi connectivity index (χ0) is 4.83. The molecule has 0 aliphatic carbocycles. The molecule has 0 atom stereocenters. The van der Waals surface area contributed by atoms with Gasteiger partial charge in [-0.15, -0.1) is 0 Å². The molecule has 0 fully saturated rings. The SMILES string of the molecule is NCCC[S+]=O. The largest absolute Gasteiger partial charge is 0.458 e. The van der Waals surface area contributed by atoms with Crippen molar-refractivity contribution in [3.05, 3.63) is 0 Å². The summed E-state index contributed by atoms with van der Waals surface area (Å²) >= 11 is 0.596. The van der Waals surface area contributed by atoms with E-state index in [4.69, 9.17) is 5.73 Å². The summed E-state index contributed by atoms with van der Waals surface area (Å²) in [5, 5.41) is 0. The first-order chi connectivity index (χ1) is 2.91. The molecule has 0 unspecified atom stereocenters. The summed E-state index contributed by atoms with van der Waals surface area (Å²) in [5.74, 6) is 0.649. The van der Waals surface area contributed by atoms with Gasteiger partial charge >= 0.3 is 11.7 Å². The summed E-state index contributed by atoms with van der Waals surface area (Å²) in [5.41, 5.74) is 5.06. The molecule has 0 aromatic heterocycles. The van der Waals surface area contributed by atoms with E-state index in [9.17, 15) is 4.21 Å². The van der Waals surface area contributed by atoms with Crippen LogP contribution < -0.4 is 5.73 Å². The van der Waals surface area contributed by atoms with Crippen molar-refractivity contribution in [3.8, 4) is 0 Å². The van der Waals surface area contributed by atoms with E-state index >= 15 is 0 Å². The smallest absolute Gasteiger partial charge is 0.330 e. The van der Waals surface area contributed by atoms with E-state index in [0.29, 0.717) is 24.0 Å². The molecule has 0 spiro atoms. The van der Waals surface area contributed by atoms with Crippen molar-refractivity contribution in [3.63, 3.8) is 0 Å². The molecule has 0 aliphatic rings. The van der Waals surface area contributed by atoms with Crippen LogP contribution in [0.3, 0.4) is 0 Å². The van der Waals surface area contributed by atoms with E-state index in [-0.39, 0.29) is 0 Å². The normalized spacial score (nSPS) is 8.17. The molecular weight excluding hydrogens is 98.1 g/mol. The van der Waals surface area contributed by atoms with Crippen LogP contribution in [-0.4, -0.2) is 12.3 Å². The third-order valence-corrected chi connectivity index (χ3v) is 0.887. The Balaban J connectivity index is 2.49. The minimum Gasteiger partial charge on any atom is -0.330 e. The number of nitrogens with two attached hydrogens (primary N) is 1. The van der Waals surface area contributed by atoms with Crippen LogP contribution in [0.15, 0.2) is 0 Å². The van der Waals surface area contributed by atoms with Crippen molar-refractivity contribution in [1.82, 2.24) is 0 Å². The molecule has 0 saturated heterocycles. The molecule has 0 rings (SSSR count). The third-order valence-electron chi connectivity index (χ3n) is 0.432. The van der Waals surface area contributed by atoms with E-state index in [2.05, 4.69) is 0 Å². The van der Waals surface area contributed by atoms with Crippen molar-refractivity contribution in [2.24, 2.45) is 5.73 Å². The third kappa shape index (κ3) is 3.98. The van der Waals surface area contributed by atoms with Gasteiger partial charge in [0.15, 0.2) is 0 Å². The molecule has 2 N–H and O–H groups in total. The van der Waals surface area contributed by atoms with Gasteiger partial charge in [-0.1, -0.05) is 0 Å². The van der Waals surface area contributed by atoms with E-state index in [0.717, 1.165) is 6.42 Å². The Morgan fingerprint density at radius 2 is 2.33 bits per heavy atom. The molecule has 0 aromatic carbocycles. The van der Waals surface area contributed by atoms with Gasteiger partial charge in [0.1, 0.15) is 0 Å². The standard InChI is InChI=1S/C3H8NOS/c4-2-1-3-6-5/h1-4H2/q+1. The van der Waals surface area contributed by atoms with Gasteiger partial charge in [0, 0.05) is 10.6 Å². The molecule has 0 saturated carbocycles. The second kappa shape index (κ2) is 4.98. The van der Waals surface area contributed by atoms with E-state index in [1.807, 2.05) is 0 Å². The Morgan fingerprint density at radius 1 is 1.67 bits per heavy atom. The topological polar surface area (TPSA) is 43.1 Å². The van der Waals surface area contributed by atoms with Crippen LogP contribution in [0.5, 0.6) is 0 Å². The van der Waals surface area contributed by atoms with Gasteiger partial charge in [0.05, 0.1) is 0 Å². The summed E-state index contributed by atoms with van der Waals surface area (Å²) < 4.78 is 9.55. The lowest BCUT2D eigenvalue weighted by molar-refractivity contribution is 0.604. The summed E-state index contributed by atoms with van der Waals surface area (Å²) in [4.78, 5) is 0. The van der Waals surface area contributed by atoms with Gasteiger partial charge in [0.2, 0.25) is 5.75 Å². The van der Waals surface area contributed by atoms with Gasteiger partial charge in [-0.2, -0.15) is 0 Å². The van der Waals surface area contributed by atoms with Crippen molar-refractivity contribution in [2.45, 2.75) is 6.42 Å². The molecule has 36 valence electrons. The van der Waals surface area contributed by atoms with Crippen LogP contribution in [-0.2, 0) is 15.9 Å². The Morgan fingerprint density at radius 3 is 2.50 bits per heavy atom. The second-order valence-electron chi connectivity index (χ2n) is 0.964. The average Bonchev–Trinajstić information content (AvgIpc) is 1.61. The summed E-state index contributed by atoms with van der Waals surface area (Å²) in [6, 6.07) is 0. The predicted octanol–water partition coefficient (Wildman–Crippen LogP) is -0.237. The summed E-state index contributed by atoms with van der Waals surface area (Å²) in [6.45, 7) is 0.634. The molecule has 2 nitrogen and oxygen atoms in total. The number of rotatable bonds is 3. The van der Waals surface area contributed by atoms with E-state index in [1.165, 1.54) is 0 Å². The molecule has 6 heavy (non-hydrogen) atoms. The number of hydrogen-bond acceptors (Lipinski definition) is 2. The predicted molar refractivity (Wildman–Crippen MR) is 26.6 cm³/mol. The molecule has 0 amide bonds. The highest BCUT2D eigenvalue weighted by Crippen LogP contribution is 1.67. The molecule has 0 radical (unpaired) electrons. The average molecular weight is 106 g/mol. The Hall–Kier alpha value is -0.0200. The maximum Gasteiger partial charge on any atom is 0.458 e. The zero-order valence-corrected chi connectivity index (χ0v) is 4.33. The first-order valence-electron chi connectivity index (χ1n) is 1.86. The lowest BCUT2D eigenvalue weighted by Crippen LogP contribution is -1.99. The van der Waals surface area contributed by atoms with Gasteiger partial charge < -0.3 is 5.73 Å². The fourth-order valence-corrected chi connectivity index (χ4v) is 0.427. The van der Waals surface area contributed by atoms with Crippen LogP contribution in [0.4, 0.5) is 0 Å². The van der Waals surface area contributed by atoms with Gasteiger partial charge in [-0.05, 0) is 6.54 Å². The van der Waals surface area contributed by atoms with Crippen LogP contribution in [0.25, 0.3) is 0 Å². The zero-order valence-electron chi connectivity index (χ0n) is 3.52. The van der Waals surface area contributed by atoms with Crippen LogP contribution >= 0.6 is 0 Å². The molecule has 3 heteroatoms. The van der Waals surface area contributed by atoms with Crippen LogP contribution in [0, 0.1) is 0 Å². The maximum atomic E-state index is 9.55. The highest BCUT2D eigenvalue weighted by Gasteiger charge is 1.91. The van der Waals surface area contributed by atoms with Crippen molar-refractivity contribution < 1.29 is 4.21 Å².